The number of H-pyrrole nitrogens is 1. The quantitative estimate of drug-likeness (QED) is 0.0776. The number of carbonyl (C=O) groups is 4. The van der Waals surface area contributed by atoms with Gasteiger partial charge in [-0.05, 0) is 26.3 Å². The van der Waals surface area contributed by atoms with Crippen LogP contribution in [0.3, 0.4) is 0 Å². The van der Waals surface area contributed by atoms with E-state index in [2.05, 4.69) is 25.6 Å². The summed E-state index contributed by atoms with van der Waals surface area (Å²) in [5.74, 6) is -2.38. The molecule has 0 bridgehead atoms. The van der Waals surface area contributed by atoms with E-state index in [1.807, 2.05) is 0 Å². The molecule has 2 aromatic rings. The SMILES string of the molecule is COC(=O)C1C([N+]2([C@@H]3O[C@H](CO)[C@@H](O)[C@H]3O)C=Nc3c2nc(NC(=O)OCc2ccccc2)[nH]c3=O)C(=O)N1CCNC(=O)OC(C)(C)C. The van der Waals surface area contributed by atoms with Crippen LogP contribution < -0.4 is 20.7 Å². The highest BCUT2D eigenvalue weighted by molar-refractivity contribution is 6.06. The topological polar surface area (TPSA) is 251 Å². The number of aromatic amines is 1. The number of nitrogens with zero attached hydrogens (tertiary/aromatic N) is 4. The van der Waals surface area contributed by atoms with Crippen molar-refractivity contribution in [3.05, 3.63) is 46.2 Å². The first-order valence-electron chi connectivity index (χ1n) is 15.3. The molecule has 2 saturated heterocycles. The van der Waals surface area contributed by atoms with Crippen molar-refractivity contribution in [2.45, 2.75) is 69.6 Å². The van der Waals surface area contributed by atoms with Gasteiger partial charge in [0.1, 0.15) is 24.4 Å². The molecule has 264 valence electrons. The number of benzene rings is 1. The number of aromatic nitrogens is 2. The average molecular weight is 689 g/mol. The van der Waals surface area contributed by atoms with Crippen LogP contribution in [0.25, 0.3) is 0 Å². The van der Waals surface area contributed by atoms with E-state index in [1.165, 1.54) is 0 Å². The molecule has 49 heavy (non-hydrogen) atoms. The highest BCUT2D eigenvalue weighted by Gasteiger charge is 2.71. The summed E-state index contributed by atoms with van der Waals surface area (Å²) in [6.45, 7) is 3.87. The Morgan fingerprint density at radius 2 is 1.82 bits per heavy atom. The molecular weight excluding hydrogens is 650 g/mol. The first-order valence-corrected chi connectivity index (χ1v) is 15.3. The van der Waals surface area contributed by atoms with Crippen LogP contribution in [0.2, 0.25) is 0 Å². The van der Waals surface area contributed by atoms with Gasteiger partial charge in [0.2, 0.25) is 23.9 Å². The number of amides is 3. The number of ether oxygens (including phenoxy) is 4. The molecule has 3 unspecified atom stereocenters. The fraction of sp³-hybridized carbons (Fsp3) is 0.500. The summed E-state index contributed by atoms with van der Waals surface area (Å²) >= 11 is 0. The molecule has 5 rings (SSSR count). The molecule has 1 aromatic heterocycles. The largest absolute Gasteiger partial charge is 0.467 e. The number of aliphatic imine (C=N–C) groups is 1. The summed E-state index contributed by atoms with van der Waals surface area (Å²) in [6, 6.07) is 5.81. The zero-order valence-electron chi connectivity index (χ0n) is 27.1. The third kappa shape index (κ3) is 6.83. The van der Waals surface area contributed by atoms with Gasteiger partial charge in [0.25, 0.3) is 17.3 Å². The monoisotopic (exact) mass is 688 g/mol. The Hall–Kier alpha value is -4.95. The lowest BCUT2D eigenvalue weighted by atomic mass is 9.89. The second kappa shape index (κ2) is 13.9. The number of hydrogen-bond donors (Lipinski definition) is 6. The maximum atomic E-state index is 14.0. The minimum atomic E-state index is -1.79. The van der Waals surface area contributed by atoms with Crippen LogP contribution in [0.5, 0.6) is 0 Å². The zero-order valence-corrected chi connectivity index (χ0v) is 27.1. The fourth-order valence-electron chi connectivity index (χ4n) is 5.91. The lowest BCUT2D eigenvalue weighted by molar-refractivity contribution is -0.179. The number of fused-ring (bicyclic) bond motifs is 1. The molecule has 7 atom stereocenters. The molecule has 0 spiro atoms. The summed E-state index contributed by atoms with van der Waals surface area (Å²) in [5, 5.41) is 36.6. The third-order valence-corrected chi connectivity index (χ3v) is 8.09. The predicted octanol–water partition coefficient (Wildman–Crippen LogP) is -0.785. The standard InChI is InChI=1S/C30H37N7O12/c1-30(2,3)49-28(44)31-10-11-36-18(26(43)46-4)19(24(36)42)37(25-21(40)20(39)16(12-38)48-25)14-32-17-22(37)33-27(34-23(17)41)35-29(45)47-13-15-8-6-5-7-9-15/h5-9,14,16,18-21,25,38-40H,10-13H2,1-4H3,(H2-,31,33,34,35,41,44,45)/p+1/t16-,18?,19?,20-,21-,25-,37?/m1/s1. The van der Waals surface area contributed by atoms with Crippen molar-refractivity contribution >= 4 is 47.9 Å². The van der Waals surface area contributed by atoms with Crippen LogP contribution in [0.1, 0.15) is 26.3 Å². The maximum Gasteiger partial charge on any atom is 0.414 e. The molecule has 6 N–H and O–H groups in total. The van der Waals surface area contributed by atoms with Gasteiger partial charge < -0.3 is 44.5 Å². The third-order valence-electron chi connectivity index (χ3n) is 8.09. The van der Waals surface area contributed by atoms with Gasteiger partial charge >= 0.3 is 18.2 Å². The van der Waals surface area contributed by atoms with Crippen molar-refractivity contribution in [2.75, 3.05) is 32.1 Å². The second-order valence-electron chi connectivity index (χ2n) is 12.5. The number of β-lactam (4-membered cyclic amide) rings is 1. The molecule has 0 radical (unpaired) electrons. The molecule has 3 amide bonds. The highest BCUT2D eigenvalue weighted by atomic mass is 16.6. The van der Waals surface area contributed by atoms with Gasteiger partial charge in [-0.2, -0.15) is 14.5 Å². The summed E-state index contributed by atoms with van der Waals surface area (Å²) in [7, 11) is 1.09. The molecule has 4 heterocycles. The first kappa shape index (κ1) is 35.4. The number of hydrogen-bond acceptors (Lipinski definition) is 14. The average Bonchev–Trinajstić information content (AvgIpc) is 3.57. The normalized spacial score (nSPS) is 27.2. The molecule has 1 aromatic carbocycles. The molecule has 0 saturated carbocycles. The molecule has 3 aliphatic rings. The number of anilines is 1. The van der Waals surface area contributed by atoms with E-state index in [4.69, 9.17) is 18.9 Å². The molecule has 0 aliphatic carbocycles. The Bertz CT molecular complexity index is 1680. The Labute approximate surface area is 279 Å². The number of likely N-dealkylation sites (tertiary alicyclic amines) is 1. The lowest BCUT2D eigenvalue weighted by Crippen LogP contribution is -2.83. The van der Waals surface area contributed by atoms with E-state index < -0.39 is 88.9 Å². The number of alkyl carbamates (subject to hydrolysis) is 1. The molecule has 3 aliphatic heterocycles. The number of nitrogens with one attached hydrogen (secondary N) is 3. The number of esters is 1. The zero-order chi connectivity index (χ0) is 35.7. The molecule has 19 heteroatoms. The van der Waals surface area contributed by atoms with E-state index in [0.717, 1.165) is 18.3 Å². The van der Waals surface area contributed by atoms with E-state index >= 15 is 0 Å². The number of methoxy groups -OCH3 is 1. The number of aliphatic hydroxyl groups is 3. The fourth-order valence-corrected chi connectivity index (χ4v) is 5.91. The smallest absolute Gasteiger partial charge is 0.414 e. The summed E-state index contributed by atoms with van der Waals surface area (Å²) < 4.78 is 20.3. The van der Waals surface area contributed by atoms with E-state index in [-0.39, 0.29) is 31.2 Å². The van der Waals surface area contributed by atoms with Crippen molar-refractivity contribution in [2.24, 2.45) is 4.99 Å². The number of quaternary nitrogens is 1. The number of carbonyl (C=O) groups excluding carboxylic acids is 4. The van der Waals surface area contributed by atoms with Crippen LogP contribution >= 0.6 is 0 Å². The van der Waals surface area contributed by atoms with Crippen molar-refractivity contribution in [3.63, 3.8) is 0 Å². The predicted molar refractivity (Wildman–Crippen MR) is 168 cm³/mol. The second-order valence-corrected chi connectivity index (χ2v) is 12.5. The van der Waals surface area contributed by atoms with Gasteiger partial charge in [-0.25, -0.2) is 14.4 Å². The number of aliphatic hydroxyl groups excluding tert-OH is 3. The van der Waals surface area contributed by atoms with E-state index in [0.29, 0.717) is 5.56 Å². The van der Waals surface area contributed by atoms with Crippen LogP contribution in [0.15, 0.2) is 40.1 Å². The maximum absolute atomic E-state index is 14.0. The summed E-state index contributed by atoms with van der Waals surface area (Å²) in [4.78, 5) is 77.4. The van der Waals surface area contributed by atoms with Gasteiger partial charge in [-0.15, -0.1) is 0 Å². The summed E-state index contributed by atoms with van der Waals surface area (Å²) in [5.41, 5.74) is -1.32. The molecular formula is C30H38N7O12+. The van der Waals surface area contributed by atoms with Crippen molar-refractivity contribution < 1.29 is 53.4 Å². The van der Waals surface area contributed by atoms with Crippen LogP contribution in [0, 0.1) is 0 Å². The Morgan fingerprint density at radius 1 is 1.10 bits per heavy atom. The highest BCUT2D eigenvalue weighted by Crippen LogP contribution is 2.46. The van der Waals surface area contributed by atoms with Gasteiger partial charge in [-0.1, -0.05) is 30.3 Å². The summed E-state index contributed by atoms with van der Waals surface area (Å²) in [6.07, 6.45) is -7.11. The Balaban J connectivity index is 1.49. The molecule has 19 nitrogen and oxygen atoms in total. The van der Waals surface area contributed by atoms with E-state index in [9.17, 15) is 39.3 Å². The number of rotatable bonds is 10. The Morgan fingerprint density at radius 3 is 2.45 bits per heavy atom. The Kier molecular flexibility index (Phi) is 10.0. The van der Waals surface area contributed by atoms with Crippen LogP contribution in [-0.2, 0) is 35.1 Å². The van der Waals surface area contributed by atoms with Crippen molar-refractivity contribution in [3.8, 4) is 0 Å². The van der Waals surface area contributed by atoms with Gasteiger partial charge in [0.15, 0.2) is 18.5 Å². The minimum absolute atomic E-state index is 0.108. The van der Waals surface area contributed by atoms with Crippen molar-refractivity contribution in [1.29, 1.82) is 0 Å². The van der Waals surface area contributed by atoms with Gasteiger partial charge in [0.05, 0.1) is 13.7 Å². The van der Waals surface area contributed by atoms with Crippen LogP contribution in [0.4, 0.5) is 27.0 Å². The van der Waals surface area contributed by atoms with E-state index in [1.54, 1.807) is 51.1 Å². The van der Waals surface area contributed by atoms with Crippen LogP contribution in [-0.4, -0.2) is 130 Å². The first-order chi connectivity index (χ1) is 23.2. The van der Waals surface area contributed by atoms with Crippen molar-refractivity contribution in [1.82, 2.24) is 24.7 Å². The lowest BCUT2D eigenvalue weighted by Gasteiger charge is -2.52. The minimum Gasteiger partial charge on any atom is -0.467 e. The van der Waals surface area contributed by atoms with Gasteiger partial charge in [0, 0.05) is 13.1 Å². The van der Waals surface area contributed by atoms with Gasteiger partial charge in [-0.3, -0.25) is 19.9 Å². The molecule has 2 fully saturated rings.